The van der Waals surface area contributed by atoms with Crippen molar-refractivity contribution in [2.45, 2.75) is 0 Å². The third kappa shape index (κ3) is 0.726. The summed E-state index contributed by atoms with van der Waals surface area (Å²) in [4.78, 5) is 8.81. The maximum absolute atomic E-state index is 7.49. The Kier molecular flexibility index (Phi) is 1.21. The first-order chi connectivity index (χ1) is 4.88. The Hall–Kier alpha value is -0.892. The summed E-state index contributed by atoms with van der Waals surface area (Å²) < 4.78 is 0.683. The molecule has 0 fully saturated rings. The van der Waals surface area contributed by atoms with Gasteiger partial charge in [0.05, 0.1) is 0 Å². The molecule has 0 atom stereocenters. The van der Waals surface area contributed by atoms with Crippen molar-refractivity contribution in [2.75, 3.05) is 5.32 Å². The Labute approximate surface area is 63.8 Å². The van der Waals surface area contributed by atoms with E-state index in [1.165, 1.54) is 0 Å². The van der Waals surface area contributed by atoms with Gasteiger partial charge in [0.25, 0.3) is 0 Å². The number of imidazole rings is 1. The van der Waals surface area contributed by atoms with Crippen LogP contribution in [-0.2, 0) is 0 Å². The Morgan fingerprint density at radius 3 is 3.30 bits per heavy atom. The van der Waals surface area contributed by atoms with E-state index >= 15 is 0 Å². The number of anilines is 1. The van der Waals surface area contributed by atoms with Crippen molar-refractivity contribution in [1.29, 1.82) is 5.41 Å². The summed E-state index contributed by atoms with van der Waals surface area (Å²) in [5.41, 5.74) is 0.850. The summed E-state index contributed by atoms with van der Waals surface area (Å²) in [7, 11) is 0. The number of aromatic nitrogens is 2. The first-order valence-electron chi connectivity index (χ1n) is 2.79. The molecule has 1 aromatic rings. The monoisotopic (exact) mass is 196 g/mol. The zero-order valence-electron chi connectivity index (χ0n) is 5.05. The second-order valence-electron chi connectivity index (χ2n) is 1.88. The van der Waals surface area contributed by atoms with Crippen LogP contribution in [0.15, 0.2) is 6.33 Å². The van der Waals surface area contributed by atoms with Gasteiger partial charge in [-0.3, -0.25) is 0 Å². The molecule has 5 heteroatoms. The van der Waals surface area contributed by atoms with Crippen LogP contribution in [0.2, 0.25) is 0 Å². The van der Waals surface area contributed by atoms with Crippen LogP contribution in [0.4, 0.5) is 5.82 Å². The van der Waals surface area contributed by atoms with Gasteiger partial charge in [0.1, 0.15) is 0 Å². The number of hydrogen-bond donors (Lipinski definition) is 3. The predicted molar refractivity (Wildman–Crippen MR) is 40.9 cm³/mol. The molecule has 0 aliphatic carbocycles. The molecular weight excluding hydrogens is 191 g/mol. The van der Waals surface area contributed by atoms with Gasteiger partial charge in [0.2, 0.25) is 0 Å². The number of nitrogens with zero attached hydrogens (tertiary/aromatic N) is 1. The van der Waals surface area contributed by atoms with Crippen LogP contribution in [0.25, 0.3) is 0 Å². The van der Waals surface area contributed by atoms with Crippen LogP contribution in [-0.4, -0.2) is 34.7 Å². The number of fused-ring (bicyclic) bond motifs is 1. The van der Waals surface area contributed by atoms with Crippen molar-refractivity contribution in [3.8, 4) is 0 Å². The van der Waals surface area contributed by atoms with E-state index in [1.807, 2.05) is 4.93 Å². The molecule has 10 heavy (non-hydrogen) atoms. The summed E-state index contributed by atoms with van der Waals surface area (Å²) in [5.74, 6) is 0.784. The molecule has 0 aromatic carbocycles. The average Bonchev–Trinajstić information content (AvgIpc) is 2.36. The van der Waals surface area contributed by atoms with E-state index in [9.17, 15) is 0 Å². The summed E-state index contributed by atoms with van der Waals surface area (Å²) in [6.07, 6.45) is 1.60. The molecule has 0 bridgehead atoms. The number of hydrogen-bond acceptors (Lipinski definition) is 3. The van der Waals surface area contributed by atoms with Crippen molar-refractivity contribution in [3.63, 3.8) is 0 Å². The molecule has 1 aliphatic heterocycles. The van der Waals surface area contributed by atoms with E-state index in [-0.39, 0.29) is 15.3 Å². The molecule has 0 spiro atoms. The average molecular weight is 196 g/mol. The standard InChI is InChI=1S/C5H5AsN4/c7-4-3-5(8-1-6-4)10-2-9-3/h1-2H,(H3,7,8,9,10). The Balaban J connectivity index is 2.58. The minimum absolute atomic E-state index is 0.102. The molecule has 4 nitrogen and oxygen atoms in total. The first kappa shape index (κ1) is 5.86. The van der Waals surface area contributed by atoms with Gasteiger partial charge in [-0.25, -0.2) is 0 Å². The normalized spacial score (nSPS) is 16.2. The molecule has 0 saturated carbocycles. The molecule has 1 aliphatic rings. The van der Waals surface area contributed by atoms with Crippen LogP contribution < -0.4 is 5.32 Å². The van der Waals surface area contributed by atoms with E-state index in [2.05, 4.69) is 15.3 Å². The molecule has 0 radical (unpaired) electrons. The summed E-state index contributed by atoms with van der Waals surface area (Å²) in [5, 5.41) is 10.5. The van der Waals surface area contributed by atoms with Gasteiger partial charge in [0, 0.05) is 0 Å². The Bertz CT molecular complexity index is 300. The van der Waals surface area contributed by atoms with Crippen molar-refractivity contribution in [2.24, 2.45) is 0 Å². The van der Waals surface area contributed by atoms with E-state index in [4.69, 9.17) is 5.41 Å². The second-order valence-corrected chi connectivity index (χ2v) is 3.90. The molecule has 1 aromatic heterocycles. The molecule has 0 saturated heterocycles. The van der Waals surface area contributed by atoms with Crippen LogP contribution in [0.5, 0.6) is 0 Å². The van der Waals surface area contributed by atoms with E-state index in [0.29, 0.717) is 4.50 Å². The summed E-state index contributed by atoms with van der Waals surface area (Å²) >= 11 is -0.102. The molecule has 50 valence electrons. The van der Waals surface area contributed by atoms with E-state index < -0.39 is 0 Å². The quantitative estimate of drug-likeness (QED) is 0.495. The van der Waals surface area contributed by atoms with Gasteiger partial charge in [0.15, 0.2) is 0 Å². The van der Waals surface area contributed by atoms with E-state index in [1.54, 1.807) is 6.33 Å². The first-order valence-corrected chi connectivity index (χ1v) is 4.81. The third-order valence-corrected chi connectivity index (χ3v) is 2.82. The topological polar surface area (TPSA) is 64.6 Å². The summed E-state index contributed by atoms with van der Waals surface area (Å²) in [6, 6.07) is 0. The molecular formula is C5H5AsN4. The molecule has 0 amide bonds. The van der Waals surface area contributed by atoms with Crippen molar-refractivity contribution >= 4 is 30.6 Å². The maximum atomic E-state index is 7.49. The van der Waals surface area contributed by atoms with Crippen LogP contribution in [0, 0.1) is 5.41 Å². The van der Waals surface area contributed by atoms with Crippen LogP contribution in [0.1, 0.15) is 5.69 Å². The van der Waals surface area contributed by atoms with Gasteiger partial charge < -0.3 is 0 Å². The molecule has 0 unspecified atom stereocenters. The van der Waals surface area contributed by atoms with Crippen molar-refractivity contribution < 1.29 is 0 Å². The SMILES string of the molecule is N=C1[As]=CNc2nc[nH]c21. The second kappa shape index (κ2) is 2.06. The van der Waals surface area contributed by atoms with Crippen LogP contribution >= 0.6 is 0 Å². The number of nitrogens with one attached hydrogen (secondary N) is 3. The van der Waals surface area contributed by atoms with E-state index in [0.717, 1.165) is 11.5 Å². The van der Waals surface area contributed by atoms with Crippen molar-refractivity contribution in [3.05, 3.63) is 12.0 Å². The van der Waals surface area contributed by atoms with Gasteiger partial charge in [-0.2, -0.15) is 0 Å². The number of rotatable bonds is 0. The Morgan fingerprint density at radius 2 is 2.50 bits per heavy atom. The molecule has 2 heterocycles. The molecule has 3 N–H and O–H groups in total. The van der Waals surface area contributed by atoms with Gasteiger partial charge in [-0.05, 0) is 0 Å². The van der Waals surface area contributed by atoms with Crippen molar-refractivity contribution in [1.82, 2.24) is 9.97 Å². The van der Waals surface area contributed by atoms with Gasteiger partial charge >= 0.3 is 63.3 Å². The van der Waals surface area contributed by atoms with Gasteiger partial charge in [-0.1, -0.05) is 0 Å². The van der Waals surface area contributed by atoms with Gasteiger partial charge in [-0.15, -0.1) is 0 Å². The minimum atomic E-state index is -0.102. The number of aromatic amines is 1. The fraction of sp³-hybridized carbons (Fsp3) is 0. The van der Waals surface area contributed by atoms with Crippen LogP contribution in [0.3, 0.4) is 0 Å². The fourth-order valence-electron chi connectivity index (χ4n) is 0.807. The fourth-order valence-corrected chi connectivity index (χ4v) is 2.10. The number of H-pyrrole nitrogens is 1. The predicted octanol–water partition coefficient (Wildman–Crippen LogP) is -0.376. The summed E-state index contributed by atoms with van der Waals surface area (Å²) in [6.45, 7) is 0. The zero-order valence-corrected chi connectivity index (χ0v) is 6.93. The zero-order chi connectivity index (χ0) is 6.97. The third-order valence-electron chi connectivity index (χ3n) is 1.27. The molecule has 2 rings (SSSR count). The Morgan fingerprint density at radius 1 is 1.60 bits per heavy atom.